The van der Waals surface area contributed by atoms with Crippen LogP contribution in [0.5, 0.6) is 0 Å². The van der Waals surface area contributed by atoms with Crippen LogP contribution in [-0.2, 0) is 42.3 Å². The molecule has 124 heavy (non-hydrogen) atoms. The van der Waals surface area contributed by atoms with E-state index in [-0.39, 0.29) is 0 Å². The van der Waals surface area contributed by atoms with Crippen LogP contribution < -0.4 is 23.1 Å². The Hall–Kier alpha value is -16.1. The first-order valence-electron chi connectivity index (χ1n) is 41.1. The highest BCUT2D eigenvalue weighted by atomic mass is 16.4. The summed E-state index contributed by atoms with van der Waals surface area (Å²) in [5.74, 6) is 2.00. The monoisotopic (exact) mass is 1620 g/mol. The molecule has 0 spiro atoms. The smallest absolute Gasteiger partial charge is 0.334 e. The van der Waals surface area contributed by atoms with Gasteiger partial charge in [0.2, 0.25) is 40.0 Å². The Bertz CT molecular complexity index is 8140. The van der Waals surface area contributed by atoms with Gasteiger partial charge in [-0.2, -0.15) is 4.57 Å². The number of para-hydroxylation sites is 5. The second-order valence-corrected chi connectivity index (χ2v) is 31.7. The van der Waals surface area contributed by atoms with E-state index in [1.807, 2.05) is 188 Å². The molecule has 0 unspecified atom stereocenters. The van der Waals surface area contributed by atoms with Gasteiger partial charge in [0.1, 0.15) is 36.8 Å². The minimum Gasteiger partial charge on any atom is -0.437 e. The molecule has 15 heterocycles. The SMILES string of the molecule is Cc1ccc2c(oc3nc4ccccc4cc32)c1-c1cccn[n+]1C.Cc1ccc2c(oc3nc4ccccc4cc32)c1-c1cncc[n+]1C.Cc1ccc2c(oc3nc4ccccc4cc32)c1-c1n(C)cc[n+]1C.Cc1ccc2c(oc3nc4ccccc4cc32)c1-c1nccc[n+]1C.Cc1ccc2c(oc3nc4ccccc4cc32)c1-n1ccc[n+]1C. The molecule has 0 N–H and O–H groups in total. The van der Waals surface area contributed by atoms with E-state index < -0.39 is 0 Å². The second kappa shape index (κ2) is 30.3. The highest BCUT2D eigenvalue weighted by Gasteiger charge is 2.29. The van der Waals surface area contributed by atoms with E-state index in [0.29, 0.717) is 28.6 Å². The van der Waals surface area contributed by atoms with Crippen LogP contribution in [0, 0.1) is 34.6 Å². The molecule has 0 radical (unpaired) electrons. The first-order valence-corrected chi connectivity index (χ1v) is 41.1. The first-order chi connectivity index (χ1) is 60.5. The third kappa shape index (κ3) is 13.0. The number of aryl methyl sites for hydroxylation is 11. The third-order valence-electron chi connectivity index (χ3n) is 23.7. The summed E-state index contributed by atoms with van der Waals surface area (Å²) in [6.45, 7) is 10.5. The van der Waals surface area contributed by atoms with Crippen molar-refractivity contribution >= 4 is 165 Å². The fraction of sp³-hybridized carbons (Fsp3) is 0.106. The zero-order chi connectivity index (χ0) is 84.3. The van der Waals surface area contributed by atoms with Crippen molar-refractivity contribution in [2.24, 2.45) is 42.3 Å². The number of pyridine rings is 5. The van der Waals surface area contributed by atoms with Crippen molar-refractivity contribution in [2.75, 3.05) is 0 Å². The average Bonchev–Trinajstić information content (AvgIpc) is 1.62. The molecule has 20 heteroatoms. The van der Waals surface area contributed by atoms with Gasteiger partial charge in [-0.25, -0.2) is 38.6 Å². The van der Waals surface area contributed by atoms with Crippen molar-refractivity contribution in [3.05, 3.63) is 326 Å². The highest BCUT2D eigenvalue weighted by molar-refractivity contribution is 6.16. The van der Waals surface area contributed by atoms with Gasteiger partial charge in [-0.05, 0) is 145 Å². The number of imidazole rings is 1. The molecule has 15 aromatic heterocycles. The van der Waals surface area contributed by atoms with Gasteiger partial charge in [-0.3, -0.25) is 4.98 Å². The van der Waals surface area contributed by atoms with Crippen molar-refractivity contribution < 1.29 is 45.2 Å². The van der Waals surface area contributed by atoms with Crippen molar-refractivity contribution in [1.82, 2.24) is 49.2 Å². The molecule has 598 valence electrons. The lowest BCUT2D eigenvalue weighted by Crippen LogP contribution is -2.37. The molecule has 0 aliphatic carbocycles. The summed E-state index contributed by atoms with van der Waals surface area (Å²) in [5.41, 5.74) is 25.6. The van der Waals surface area contributed by atoms with Crippen LogP contribution in [0.25, 0.3) is 216 Å². The Labute approximate surface area is 709 Å². The Morgan fingerprint density at radius 3 is 1.11 bits per heavy atom. The molecule has 0 saturated carbocycles. The summed E-state index contributed by atoms with van der Waals surface area (Å²) in [6.07, 6.45) is 19.4. The van der Waals surface area contributed by atoms with E-state index in [9.17, 15) is 0 Å². The molecule has 0 amide bonds. The van der Waals surface area contributed by atoms with Gasteiger partial charge in [-0.15, -0.1) is 9.36 Å². The van der Waals surface area contributed by atoms with Gasteiger partial charge in [0.25, 0.3) is 5.82 Å². The molecule has 10 aromatic carbocycles. The lowest BCUT2D eigenvalue weighted by Gasteiger charge is -2.05. The van der Waals surface area contributed by atoms with Gasteiger partial charge in [0, 0.05) is 99.0 Å². The van der Waals surface area contributed by atoms with Gasteiger partial charge in [0.15, 0.2) is 60.1 Å². The van der Waals surface area contributed by atoms with Crippen LogP contribution in [0.3, 0.4) is 0 Å². The summed E-state index contributed by atoms with van der Waals surface area (Å²) in [7, 11) is 12.1. The lowest BCUT2D eigenvalue weighted by atomic mass is 10.0. The van der Waals surface area contributed by atoms with E-state index in [2.05, 4.69) is 222 Å². The minimum absolute atomic E-state index is 0.666. The minimum atomic E-state index is 0.666. The van der Waals surface area contributed by atoms with Crippen LogP contribution in [0.2, 0.25) is 0 Å². The highest BCUT2D eigenvalue weighted by Crippen LogP contribution is 2.43. The standard InChI is InChI=1S/C21H18N3O.3C21H16N3O.C20H16N3O/c1-13-8-9-15-16-12-14-6-4-5-7-17(14)22-20(16)25-19(15)18(13)21-23(2)10-11-24(21)3;1-13-8-9-15-16-12-14-6-3-4-7-17(14)23-21(16)25-19(15)18(13)20-22-10-5-11-24(20)2;1-13-9-10-15-16-12-14-6-3-4-7-17(14)23-21(16)25-20(15)19(13)18-8-5-11-22-24(18)2;1-13-7-8-15-16-11-14-5-3-4-6-17(14)23-21(16)25-20(15)19(13)18-12-22-9-10-24(18)2;1-13-8-9-15-16-12-14-6-3-4-7-17(14)21-20(16)24-19(15)18(13)23-11-5-10-22(23)2/h4-12H,1-3H3;3*3-12H,1-2H3;3-12H,1-2H3/q5*+1. The molecule has 0 aliphatic heterocycles. The molecule has 0 atom stereocenters. The maximum atomic E-state index is 6.27. The molecular formula is C104H82N15O5+5. The van der Waals surface area contributed by atoms with Crippen LogP contribution in [0.15, 0.2) is 321 Å². The maximum Gasteiger partial charge on any atom is 0.334 e. The summed E-state index contributed by atoms with van der Waals surface area (Å²) >= 11 is 0. The van der Waals surface area contributed by atoms with Crippen LogP contribution >= 0.6 is 0 Å². The van der Waals surface area contributed by atoms with Gasteiger partial charge in [0.05, 0.1) is 90.8 Å². The van der Waals surface area contributed by atoms with Crippen LogP contribution in [0.1, 0.15) is 27.8 Å². The lowest BCUT2D eigenvalue weighted by molar-refractivity contribution is -0.744. The Morgan fingerprint density at radius 2 is 0.702 bits per heavy atom. The molecule has 0 saturated heterocycles. The predicted octanol–water partition coefficient (Wildman–Crippen LogP) is 21.3. The molecular weight excluding hydrogens is 1540 g/mol. The molecule has 0 bridgehead atoms. The van der Waals surface area contributed by atoms with Crippen LogP contribution in [0.4, 0.5) is 0 Å². The number of hydrogen-bond acceptors (Lipinski definition) is 13. The number of furan rings is 5. The van der Waals surface area contributed by atoms with Crippen molar-refractivity contribution in [3.8, 4) is 51.0 Å². The van der Waals surface area contributed by atoms with E-state index in [0.717, 1.165) is 210 Å². The Balaban J connectivity index is 0.0000000950. The molecule has 0 fully saturated rings. The van der Waals surface area contributed by atoms with E-state index in [1.165, 1.54) is 5.56 Å². The molecule has 25 rings (SSSR count). The zero-order valence-corrected chi connectivity index (χ0v) is 70.0. The largest absolute Gasteiger partial charge is 0.437 e. The number of hydrogen-bond donors (Lipinski definition) is 0. The summed E-state index contributed by atoms with van der Waals surface area (Å²) in [4.78, 5) is 32.4. The number of rotatable bonds is 5. The second-order valence-electron chi connectivity index (χ2n) is 31.7. The quantitative estimate of drug-likeness (QED) is 0.148. The first kappa shape index (κ1) is 75.4. The zero-order valence-electron chi connectivity index (χ0n) is 70.0. The summed E-state index contributed by atoms with van der Waals surface area (Å²) < 4.78 is 45.5. The Kier molecular flexibility index (Phi) is 18.4. The fourth-order valence-electron chi connectivity index (χ4n) is 17.4. The van der Waals surface area contributed by atoms with Crippen molar-refractivity contribution in [2.45, 2.75) is 34.6 Å². The van der Waals surface area contributed by atoms with Crippen LogP contribution in [-0.4, -0.2) is 49.2 Å². The van der Waals surface area contributed by atoms with Crippen molar-refractivity contribution in [3.63, 3.8) is 0 Å². The van der Waals surface area contributed by atoms with Gasteiger partial charge >= 0.3 is 5.82 Å². The molecule has 25 aromatic rings. The van der Waals surface area contributed by atoms with E-state index in [4.69, 9.17) is 47.0 Å². The molecule has 20 nitrogen and oxygen atoms in total. The number of fused-ring (bicyclic) bond motifs is 20. The number of aromatic nitrogens is 15. The molecule has 0 aliphatic rings. The van der Waals surface area contributed by atoms with E-state index in [1.54, 1.807) is 12.4 Å². The average molecular weight is 1620 g/mol. The van der Waals surface area contributed by atoms with E-state index >= 15 is 0 Å². The van der Waals surface area contributed by atoms with Gasteiger partial charge in [-0.1, -0.05) is 150 Å². The number of nitrogens with zero attached hydrogens (tertiary/aromatic N) is 15. The predicted molar refractivity (Wildman–Crippen MR) is 488 cm³/mol. The number of benzene rings is 10. The fourth-order valence-corrected chi connectivity index (χ4v) is 17.4. The van der Waals surface area contributed by atoms with Crippen molar-refractivity contribution in [1.29, 1.82) is 0 Å². The summed E-state index contributed by atoms with van der Waals surface area (Å²) in [6, 6.07) is 80.7. The Morgan fingerprint density at radius 1 is 0.306 bits per heavy atom. The topological polar surface area (TPSA) is 198 Å². The normalized spacial score (nSPS) is 11.7. The summed E-state index contributed by atoms with van der Waals surface area (Å²) in [5, 5.41) is 20.6. The van der Waals surface area contributed by atoms with Gasteiger partial charge < -0.3 is 22.1 Å². The maximum absolute atomic E-state index is 6.27. The third-order valence-corrected chi connectivity index (χ3v) is 23.7.